The molecule has 0 saturated heterocycles. The molecule has 0 radical (unpaired) electrons. The van der Waals surface area contributed by atoms with Crippen LogP contribution in [0.5, 0.6) is 5.75 Å². The van der Waals surface area contributed by atoms with E-state index in [1.165, 1.54) is 44.1 Å². The Labute approximate surface area is 122 Å². The van der Waals surface area contributed by atoms with Gasteiger partial charge in [0.15, 0.2) is 0 Å². The minimum absolute atomic E-state index is 0.703. The molecule has 2 saturated carbocycles. The summed E-state index contributed by atoms with van der Waals surface area (Å²) in [6.07, 6.45) is 8.30. The second kappa shape index (κ2) is 6.17. The Hall–Kier alpha value is -1.02. The predicted octanol–water partition coefficient (Wildman–Crippen LogP) is 4.11. The predicted molar refractivity (Wildman–Crippen MR) is 83.3 cm³/mol. The van der Waals surface area contributed by atoms with Crippen molar-refractivity contribution in [3.8, 4) is 5.75 Å². The minimum atomic E-state index is 0.703. The molecule has 0 bridgehead atoms. The normalized spacial score (nSPS) is 28.1. The van der Waals surface area contributed by atoms with Crippen LogP contribution >= 0.6 is 0 Å². The standard InChI is InChI=1S/C18H27NO/c1-13(14-6-3-4-7-14)19-17-10-16(11-17)15-8-5-9-18(12-15)20-2/h5,8-9,12-14,16-17,19H,3-4,6-7,10-11H2,1-2H3. The maximum atomic E-state index is 5.32. The number of rotatable bonds is 5. The summed E-state index contributed by atoms with van der Waals surface area (Å²) in [6.45, 7) is 2.38. The van der Waals surface area contributed by atoms with Crippen LogP contribution in [-0.2, 0) is 0 Å². The van der Waals surface area contributed by atoms with E-state index in [-0.39, 0.29) is 0 Å². The summed E-state index contributed by atoms with van der Waals surface area (Å²) in [5, 5.41) is 3.86. The Morgan fingerprint density at radius 3 is 2.65 bits per heavy atom. The molecule has 2 fully saturated rings. The first kappa shape index (κ1) is 13.9. The van der Waals surface area contributed by atoms with E-state index in [0.717, 1.165) is 23.6 Å². The van der Waals surface area contributed by atoms with Crippen LogP contribution < -0.4 is 10.1 Å². The molecular formula is C18H27NO. The molecule has 2 aliphatic carbocycles. The van der Waals surface area contributed by atoms with Crippen LogP contribution in [0.2, 0.25) is 0 Å². The van der Waals surface area contributed by atoms with Gasteiger partial charge in [0.25, 0.3) is 0 Å². The van der Waals surface area contributed by atoms with E-state index < -0.39 is 0 Å². The first-order valence-electron chi connectivity index (χ1n) is 8.16. The smallest absolute Gasteiger partial charge is 0.119 e. The van der Waals surface area contributed by atoms with Crippen molar-refractivity contribution in [3.63, 3.8) is 0 Å². The van der Waals surface area contributed by atoms with Crippen molar-refractivity contribution in [2.24, 2.45) is 5.92 Å². The fraction of sp³-hybridized carbons (Fsp3) is 0.667. The summed E-state index contributed by atoms with van der Waals surface area (Å²) < 4.78 is 5.32. The molecule has 2 nitrogen and oxygen atoms in total. The van der Waals surface area contributed by atoms with Crippen molar-refractivity contribution >= 4 is 0 Å². The van der Waals surface area contributed by atoms with Crippen molar-refractivity contribution < 1.29 is 4.74 Å². The highest BCUT2D eigenvalue weighted by molar-refractivity contribution is 5.32. The Kier molecular flexibility index (Phi) is 4.30. The van der Waals surface area contributed by atoms with Gasteiger partial charge in [-0.25, -0.2) is 0 Å². The third-order valence-corrected chi connectivity index (χ3v) is 5.31. The van der Waals surface area contributed by atoms with Gasteiger partial charge >= 0.3 is 0 Å². The van der Waals surface area contributed by atoms with Crippen LogP contribution in [0, 0.1) is 5.92 Å². The molecule has 0 aromatic heterocycles. The molecule has 1 aromatic carbocycles. The van der Waals surface area contributed by atoms with Gasteiger partial charge in [-0.2, -0.15) is 0 Å². The quantitative estimate of drug-likeness (QED) is 0.871. The van der Waals surface area contributed by atoms with Crippen molar-refractivity contribution in [3.05, 3.63) is 29.8 Å². The molecule has 0 heterocycles. The third-order valence-electron chi connectivity index (χ3n) is 5.31. The average molecular weight is 273 g/mol. The van der Waals surface area contributed by atoms with Gasteiger partial charge in [-0.1, -0.05) is 25.0 Å². The SMILES string of the molecule is COc1cccc(C2CC(NC(C)C3CCCC3)C2)c1. The molecule has 110 valence electrons. The molecule has 1 atom stereocenters. The molecule has 0 amide bonds. The number of nitrogens with one attached hydrogen (secondary N) is 1. The lowest BCUT2D eigenvalue weighted by Gasteiger charge is -2.39. The topological polar surface area (TPSA) is 21.3 Å². The molecule has 1 unspecified atom stereocenters. The summed E-state index contributed by atoms with van der Waals surface area (Å²) in [4.78, 5) is 0. The molecule has 2 heteroatoms. The highest BCUT2D eigenvalue weighted by Crippen LogP contribution is 2.39. The fourth-order valence-electron chi connectivity index (χ4n) is 3.89. The Morgan fingerprint density at radius 1 is 1.20 bits per heavy atom. The summed E-state index contributed by atoms with van der Waals surface area (Å²) in [6, 6.07) is 10.00. The van der Waals surface area contributed by atoms with Crippen LogP contribution in [-0.4, -0.2) is 19.2 Å². The van der Waals surface area contributed by atoms with E-state index in [1.54, 1.807) is 7.11 Å². The molecule has 0 aliphatic heterocycles. The van der Waals surface area contributed by atoms with Gasteiger partial charge in [-0.15, -0.1) is 0 Å². The van der Waals surface area contributed by atoms with Gasteiger partial charge < -0.3 is 10.1 Å². The molecule has 0 spiro atoms. The summed E-state index contributed by atoms with van der Waals surface area (Å²) in [7, 11) is 1.74. The van der Waals surface area contributed by atoms with E-state index in [2.05, 4.69) is 30.4 Å². The highest BCUT2D eigenvalue weighted by Gasteiger charge is 2.33. The van der Waals surface area contributed by atoms with Gasteiger partial charge in [0.05, 0.1) is 7.11 Å². The number of ether oxygens (including phenoxy) is 1. The number of methoxy groups -OCH3 is 1. The second-order valence-corrected chi connectivity index (χ2v) is 6.64. The van der Waals surface area contributed by atoms with Crippen LogP contribution in [0.25, 0.3) is 0 Å². The Morgan fingerprint density at radius 2 is 1.95 bits per heavy atom. The molecule has 20 heavy (non-hydrogen) atoms. The van der Waals surface area contributed by atoms with Crippen molar-refractivity contribution in [2.45, 2.75) is 63.5 Å². The van der Waals surface area contributed by atoms with Crippen LogP contribution in [0.3, 0.4) is 0 Å². The lowest BCUT2D eigenvalue weighted by Crippen LogP contribution is -2.46. The Balaban J connectivity index is 1.48. The minimum Gasteiger partial charge on any atom is -0.497 e. The summed E-state index contributed by atoms with van der Waals surface area (Å²) in [5.41, 5.74) is 1.44. The van der Waals surface area contributed by atoms with Gasteiger partial charge in [0.2, 0.25) is 0 Å². The summed E-state index contributed by atoms with van der Waals surface area (Å²) in [5.74, 6) is 2.63. The van der Waals surface area contributed by atoms with E-state index in [9.17, 15) is 0 Å². The van der Waals surface area contributed by atoms with Crippen molar-refractivity contribution in [1.29, 1.82) is 0 Å². The Bertz CT molecular complexity index is 433. The van der Waals surface area contributed by atoms with Gasteiger partial charge in [-0.05, 0) is 62.1 Å². The fourth-order valence-corrected chi connectivity index (χ4v) is 3.89. The zero-order chi connectivity index (χ0) is 13.9. The lowest BCUT2D eigenvalue weighted by molar-refractivity contribution is 0.238. The summed E-state index contributed by atoms with van der Waals surface area (Å²) >= 11 is 0. The number of hydrogen-bond donors (Lipinski definition) is 1. The average Bonchev–Trinajstić information content (AvgIpc) is 2.96. The maximum absolute atomic E-state index is 5.32. The molecule has 1 aromatic rings. The number of hydrogen-bond acceptors (Lipinski definition) is 2. The molecular weight excluding hydrogens is 246 g/mol. The maximum Gasteiger partial charge on any atom is 0.119 e. The highest BCUT2D eigenvalue weighted by atomic mass is 16.5. The monoisotopic (exact) mass is 273 g/mol. The molecule has 1 N–H and O–H groups in total. The van der Waals surface area contributed by atoms with E-state index in [4.69, 9.17) is 4.74 Å². The zero-order valence-corrected chi connectivity index (χ0v) is 12.8. The largest absolute Gasteiger partial charge is 0.497 e. The first-order valence-corrected chi connectivity index (χ1v) is 8.16. The van der Waals surface area contributed by atoms with Gasteiger partial charge in [0, 0.05) is 12.1 Å². The van der Waals surface area contributed by atoms with Gasteiger partial charge in [0.1, 0.15) is 5.75 Å². The second-order valence-electron chi connectivity index (χ2n) is 6.64. The molecule has 2 aliphatic rings. The van der Waals surface area contributed by atoms with Crippen LogP contribution in [0.4, 0.5) is 0 Å². The van der Waals surface area contributed by atoms with Crippen LogP contribution in [0.1, 0.15) is 56.9 Å². The zero-order valence-electron chi connectivity index (χ0n) is 12.8. The van der Waals surface area contributed by atoms with Crippen molar-refractivity contribution in [2.75, 3.05) is 7.11 Å². The van der Waals surface area contributed by atoms with E-state index in [0.29, 0.717) is 6.04 Å². The molecule has 3 rings (SSSR count). The number of benzene rings is 1. The van der Waals surface area contributed by atoms with Gasteiger partial charge in [-0.3, -0.25) is 0 Å². The van der Waals surface area contributed by atoms with E-state index in [1.807, 2.05) is 6.07 Å². The first-order chi connectivity index (χ1) is 9.76. The lowest BCUT2D eigenvalue weighted by atomic mass is 9.75. The third kappa shape index (κ3) is 3.01. The van der Waals surface area contributed by atoms with Crippen molar-refractivity contribution in [1.82, 2.24) is 5.32 Å². The van der Waals surface area contributed by atoms with Crippen LogP contribution in [0.15, 0.2) is 24.3 Å². The van der Waals surface area contributed by atoms with E-state index >= 15 is 0 Å².